The Morgan fingerprint density at radius 1 is 1.27 bits per heavy atom. The van der Waals surface area contributed by atoms with Gasteiger partial charge in [0.2, 0.25) is 11.8 Å². The zero-order valence-corrected chi connectivity index (χ0v) is 10.1. The largest absolute Gasteiger partial charge is 0.420 e. The summed E-state index contributed by atoms with van der Waals surface area (Å²) in [5, 5.41) is 8.13. The van der Waals surface area contributed by atoms with E-state index in [1.807, 2.05) is 24.3 Å². The quantitative estimate of drug-likeness (QED) is 0.799. The summed E-state index contributed by atoms with van der Waals surface area (Å²) in [7, 11) is 0. The first-order valence-electron chi connectivity index (χ1n) is 4.92. The summed E-state index contributed by atoms with van der Waals surface area (Å²) < 4.78 is 6.80. The molecule has 0 radical (unpaired) electrons. The molecule has 0 amide bonds. The van der Waals surface area contributed by atoms with Crippen LogP contribution in [0.4, 0.5) is 0 Å². The van der Waals surface area contributed by atoms with Crippen molar-refractivity contribution in [1.82, 2.24) is 10.2 Å². The summed E-state index contributed by atoms with van der Waals surface area (Å²) >= 11 is 2.27. The Morgan fingerprint density at radius 2 is 2.13 bits per heavy atom. The van der Waals surface area contributed by atoms with Gasteiger partial charge in [0.1, 0.15) is 0 Å². The fraction of sp³-hybridized carbons (Fsp3) is 0.273. The van der Waals surface area contributed by atoms with Crippen molar-refractivity contribution in [2.24, 2.45) is 0 Å². The maximum Gasteiger partial charge on any atom is 0.247 e. The molecular weight excluding hydrogens is 303 g/mol. The van der Waals surface area contributed by atoms with Crippen LogP contribution >= 0.6 is 22.6 Å². The smallest absolute Gasteiger partial charge is 0.247 e. The third-order valence-electron chi connectivity index (χ3n) is 2.44. The molecule has 1 aliphatic carbocycles. The molecule has 0 atom stereocenters. The van der Waals surface area contributed by atoms with Crippen LogP contribution in [-0.2, 0) is 0 Å². The van der Waals surface area contributed by atoms with E-state index in [4.69, 9.17) is 4.42 Å². The van der Waals surface area contributed by atoms with Gasteiger partial charge in [0, 0.05) is 15.1 Å². The molecule has 0 N–H and O–H groups in total. The molecule has 1 heterocycles. The molecule has 1 saturated carbocycles. The normalized spacial score (nSPS) is 15.5. The second kappa shape index (κ2) is 3.59. The molecule has 1 fully saturated rings. The molecule has 76 valence electrons. The van der Waals surface area contributed by atoms with E-state index in [9.17, 15) is 0 Å². The number of hydrogen-bond donors (Lipinski definition) is 0. The van der Waals surface area contributed by atoms with E-state index in [-0.39, 0.29) is 0 Å². The van der Waals surface area contributed by atoms with Crippen LogP contribution in [0.2, 0.25) is 0 Å². The summed E-state index contributed by atoms with van der Waals surface area (Å²) in [6.07, 6.45) is 2.38. The minimum absolute atomic E-state index is 0.522. The standard InChI is InChI=1S/C11H9IN2O/c12-9-3-1-2-8(6-9)11-14-13-10(15-11)7-4-5-7/h1-3,6-7H,4-5H2. The maximum atomic E-state index is 5.62. The van der Waals surface area contributed by atoms with Gasteiger partial charge in [-0.15, -0.1) is 10.2 Å². The van der Waals surface area contributed by atoms with E-state index >= 15 is 0 Å². The molecule has 2 aromatic rings. The molecule has 15 heavy (non-hydrogen) atoms. The van der Waals surface area contributed by atoms with Crippen molar-refractivity contribution in [3.05, 3.63) is 33.7 Å². The van der Waals surface area contributed by atoms with Gasteiger partial charge >= 0.3 is 0 Å². The zero-order valence-electron chi connectivity index (χ0n) is 7.98. The molecule has 1 aromatic carbocycles. The second-order valence-corrected chi connectivity index (χ2v) is 4.98. The molecular formula is C11H9IN2O. The molecule has 0 unspecified atom stereocenters. The summed E-state index contributed by atoms with van der Waals surface area (Å²) in [5.74, 6) is 1.95. The summed E-state index contributed by atoms with van der Waals surface area (Å²) in [4.78, 5) is 0. The molecule has 3 rings (SSSR count). The Hall–Kier alpha value is -0.910. The van der Waals surface area contributed by atoms with Gasteiger partial charge in [-0.05, 0) is 53.6 Å². The minimum atomic E-state index is 0.522. The van der Waals surface area contributed by atoms with Crippen LogP contribution < -0.4 is 0 Å². The van der Waals surface area contributed by atoms with E-state index in [0.717, 1.165) is 11.5 Å². The topological polar surface area (TPSA) is 38.9 Å². The lowest BCUT2D eigenvalue weighted by Crippen LogP contribution is -1.78. The number of benzene rings is 1. The van der Waals surface area contributed by atoms with E-state index in [1.54, 1.807) is 0 Å². The Kier molecular flexibility index (Phi) is 2.23. The van der Waals surface area contributed by atoms with Crippen LogP contribution in [0, 0.1) is 3.57 Å². The average Bonchev–Trinajstić information content (AvgIpc) is 2.97. The number of aromatic nitrogens is 2. The van der Waals surface area contributed by atoms with Crippen molar-refractivity contribution in [2.75, 3.05) is 0 Å². The van der Waals surface area contributed by atoms with Crippen molar-refractivity contribution < 1.29 is 4.42 Å². The Labute approximate surface area is 101 Å². The summed E-state index contributed by atoms with van der Waals surface area (Å²) in [6.45, 7) is 0. The van der Waals surface area contributed by atoms with Gasteiger partial charge in [-0.2, -0.15) is 0 Å². The Morgan fingerprint density at radius 3 is 2.87 bits per heavy atom. The Bertz CT molecular complexity index is 491. The van der Waals surface area contributed by atoms with Crippen molar-refractivity contribution in [3.63, 3.8) is 0 Å². The van der Waals surface area contributed by atoms with Gasteiger partial charge in [0.15, 0.2) is 0 Å². The van der Waals surface area contributed by atoms with E-state index < -0.39 is 0 Å². The van der Waals surface area contributed by atoms with Crippen LogP contribution in [0.25, 0.3) is 11.5 Å². The number of nitrogens with zero attached hydrogens (tertiary/aromatic N) is 2. The highest BCUT2D eigenvalue weighted by Gasteiger charge is 2.29. The van der Waals surface area contributed by atoms with E-state index in [0.29, 0.717) is 11.8 Å². The second-order valence-electron chi connectivity index (χ2n) is 3.73. The van der Waals surface area contributed by atoms with E-state index in [2.05, 4.69) is 32.8 Å². The van der Waals surface area contributed by atoms with Crippen LogP contribution in [0.15, 0.2) is 28.7 Å². The van der Waals surface area contributed by atoms with Gasteiger partial charge in [-0.25, -0.2) is 0 Å². The molecule has 1 aromatic heterocycles. The number of hydrogen-bond acceptors (Lipinski definition) is 3. The number of rotatable bonds is 2. The minimum Gasteiger partial charge on any atom is -0.420 e. The predicted octanol–water partition coefficient (Wildman–Crippen LogP) is 3.22. The first kappa shape index (κ1) is 9.33. The van der Waals surface area contributed by atoms with Crippen LogP contribution in [-0.4, -0.2) is 10.2 Å². The fourth-order valence-corrected chi connectivity index (χ4v) is 2.01. The van der Waals surface area contributed by atoms with Gasteiger partial charge < -0.3 is 4.42 Å². The van der Waals surface area contributed by atoms with Crippen LogP contribution in [0.3, 0.4) is 0 Å². The maximum absolute atomic E-state index is 5.62. The molecule has 3 nitrogen and oxygen atoms in total. The first-order valence-corrected chi connectivity index (χ1v) is 6.00. The van der Waals surface area contributed by atoms with Crippen molar-refractivity contribution in [2.45, 2.75) is 18.8 Å². The number of halogens is 1. The lowest BCUT2D eigenvalue weighted by Gasteiger charge is -1.94. The SMILES string of the molecule is Ic1cccc(-c2nnc(C3CC3)o2)c1. The molecule has 0 saturated heterocycles. The van der Waals surface area contributed by atoms with Gasteiger partial charge in [0.05, 0.1) is 0 Å². The summed E-state index contributed by atoms with van der Waals surface area (Å²) in [5.41, 5.74) is 1.00. The molecule has 4 heteroatoms. The third kappa shape index (κ3) is 1.90. The van der Waals surface area contributed by atoms with Crippen molar-refractivity contribution in [3.8, 4) is 11.5 Å². The average molecular weight is 312 g/mol. The Balaban J connectivity index is 1.97. The lowest BCUT2D eigenvalue weighted by molar-refractivity contribution is 0.508. The summed E-state index contributed by atoms with van der Waals surface area (Å²) in [6, 6.07) is 8.08. The third-order valence-corrected chi connectivity index (χ3v) is 3.11. The lowest BCUT2D eigenvalue weighted by atomic mass is 10.2. The highest BCUT2D eigenvalue weighted by molar-refractivity contribution is 14.1. The van der Waals surface area contributed by atoms with Crippen LogP contribution in [0.5, 0.6) is 0 Å². The van der Waals surface area contributed by atoms with Crippen LogP contribution in [0.1, 0.15) is 24.7 Å². The predicted molar refractivity (Wildman–Crippen MR) is 64.4 cm³/mol. The zero-order chi connectivity index (χ0) is 10.3. The van der Waals surface area contributed by atoms with Gasteiger partial charge in [-0.3, -0.25) is 0 Å². The first-order chi connectivity index (χ1) is 7.33. The monoisotopic (exact) mass is 312 g/mol. The highest BCUT2D eigenvalue weighted by atomic mass is 127. The van der Waals surface area contributed by atoms with Crippen molar-refractivity contribution >= 4 is 22.6 Å². The molecule has 1 aliphatic rings. The van der Waals surface area contributed by atoms with Gasteiger partial charge in [-0.1, -0.05) is 6.07 Å². The molecule has 0 bridgehead atoms. The van der Waals surface area contributed by atoms with Gasteiger partial charge in [0.25, 0.3) is 0 Å². The van der Waals surface area contributed by atoms with Crippen molar-refractivity contribution in [1.29, 1.82) is 0 Å². The van der Waals surface area contributed by atoms with E-state index in [1.165, 1.54) is 16.4 Å². The molecule has 0 aliphatic heterocycles. The highest BCUT2D eigenvalue weighted by Crippen LogP contribution is 2.39. The fourth-order valence-electron chi connectivity index (χ4n) is 1.47. The molecule has 0 spiro atoms.